The van der Waals surface area contributed by atoms with Crippen LogP contribution in [0.25, 0.3) is 0 Å². The highest BCUT2D eigenvalue weighted by Gasteiger charge is 2.28. The van der Waals surface area contributed by atoms with Crippen LogP contribution in [0, 0.1) is 0 Å². The van der Waals surface area contributed by atoms with Gasteiger partial charge in [-0.25, -0.2) is 4.57 Å². The fourth-order valence-electron chi connectivity index (χ4n) is 6.94. The molecule has 63 heavy (non-hydrogen) atoms. The highest BCUT2D eigenvalue weighted by Crippen LogP contribution is 2.43. The van der Waals surface area contributed by atoms with E-state index in [1.165, 1.54) is 116 Å². The van der Waals surface area contributed by atoms with Crippen molar-refractivity contribution in [2.45, 2.75) is 238 Å². The molecule has 0 rings (SSSR count). The molecule has 0 bridgehead atoms. The van der Waals surface area contributed by atoms with Gasteiger partial charge in [0.05, 0.1) is 13.2 Å². The number of rotatable bonds is 47. The van der Waals surface area contributed by atoms with Gasteiger partial charge in [-0.05, 0) is 51.4 Å². The van der Waals surface area contributed by atoms with E-state index in [0.717, 1.165) is 70.6 Å². The normalized spacial score (nSPS) is 14.0. The molecule has 0 saturated carbocycles. The smallest absolute Gasteiger partial charge is 0.472 e. The lowest BCUT2D eigenvalue weighted by atomic mass is 10.0. The molecule has 0 aliphatic heterocycles. The van der Waals surface area contributed by atoms with E-state index in [9.17, 15) is 23.8 Å². The average Bonchev–Trinajstić information content (AvgIpc) is 3.26. The van der Waals surface area contributed by atoms with E-state index in [1.807, 2.05) is 0 Å². The van der Waals surface area contributed by atoms with Crippen molar-refractivity contribution in [2.75, 3.05) is 19.8 Å². The minimum atomic E-state index is -4.72. The third-order valence-electron chi connectivity index (χ3n) is 10.8. The standard InChI is InChI=1S/C51H92NO10P/c1-3-5-7-9-11-13-15-17-19-21-22-23-24-25-26-27-29-31-33-35-37-39-41-43-50(54)62-47(45-60-63(57,58)61-46-48(52)51(55)56)44-59-49(53)42-40-38-36-34-32-30-28-20-18-16-14-12-10-8-6-4-2/h5,7,11,13,17,19,22-23,47-48H,3-4,6,8-10,12,14-16,18,20-21,24-46,52H2,1-2H3,(H,55,56)(H,57,58)/b7-5-,13-11-,19-17-,23-22-. The number of aliphatic carboxylic acids is 1. The van der Waals surface area contributed by atoms with Crippen molar-refractivity contribution < 1.29 is 47.5 Å². The summed E-state index contributed by atoms with van der Waals surface area (Å²) in [5.41, 5.74) is 5.35. The Labute approximate surface area is 384 Å². The second-order valence-corrected chi connectivity index (χ2v) is 18.4. The van der Waals surface area contributed by atoms with Crippen LogP contribution in [-0.4, -0.2) is 59.9 Å². The molecule has 0 aliphatic carbocycles. The zero-order valence-electron chi connectivity index (χ0n) is 39.9. The number of esters is 2. The number of nitrogens with two attached hydrogens (primary N) is 1. The molecule has 0 spiro atoms. The number of hydrogen-bond acceptors (Lipinski definition) is 9. The van der Waals surface area contributed by atoms with Crippen LogP contribution in [-0.2, 0) is 37.5 Å². The first-order valence-electron chi connectivity index (χ1n) is 25.2. The second-order valence-electron chi connectivity index (χ2n) is 16.9. The summed E-state index contributed by atoms with van der Waals surface area (Å²) in [6, 6.07) is -1.52. The molecular formula is C51H92NO10P. The van der Waals surface area contributed by atoms with Crippen LogP contribution < -0.4 is 5.73 Å². The molecule has 0 aromatic carbocycles. The van der Waals surface area contributed by atoms with Crippen LogP contribution in [0.15, 0.2) is 48.6 Å². The van der Waals surface area contributed by atoms with Gasteiger partial charge in [-0.1, -0.05) is 210 Å². The van der Waals surface area contributed by atoms with Gasteiger partial charge in [0, 0.05) is 12.8 Å². The van der Waals surface area contributed by atoms with Gasteiger partial charge in [-0.15, -0.1) is 0 Å². The van der Waals surface area contributed by atoms with Crippen LogP contribution in [0.4, 0.5) is 0 Å². The zero-order chi connectivity index (χ0) is 46.3. The zero-order valence-corrected chi connectivity index (χ0v) is 40.8. The fraction of sp³-hybridized carbons (Fsp3) is 0.784. The monoisotopic (exact) mass is 910 g/mol. The molecule has 12 heteroatoms. The number of phosphoric ester groups is 1. The minimum absolute atomic E-state index is 0.156. The third kappa shape index (κ3) is 45.8. The molecule has 0 radical (unpaired) electrons. The molecule has 11 nitrogen and oxygen atoms in total. The number of carboxylic acid groups (broad SMARTS) is 1. The Bertz CT molecular complexity index is 1250. The molecule has 0 aromatic heterocycles. The van der Waals surface area contributed by atoms with Gasteiger partial charge in [0.1, 0.15) is 12.6 Å². The Morgan fingerprint density at radius 2 is 0.889 bits per heavy atom. The minimum Gasteiger partial charge on any atom is -0.480 e. The Morgan fingerprint density at radius 3 is 1.33 bits per heavy atom. The summed E-state index contributed by atoms with van der Waals surface area (Å²) in [6.45, 7) is 2.72. The summed E-state index contributed by atoms with van der Waals surface area (Å²) in [7, 11) is -4.72. The van der Waals surface area contributed by atoms with Crippen molar-refractivity contribution in [3.8, 4) is 0 Å². The molecule has 3 unspecified atom stereocenters. The molecule has 0 saturated heterocycles. The molecule has 366 valence electrons. The molecule has 3 atom stereocenters. The summed E-state index contributed by atoms with van der Waals surface area (Å²) >= 11 is 0. The van der Waals surface area contributed by atoms with Gasteiger partial charge in [-0.3, -0.25) is 23.4 Å². The SMILES string of the molecule is CC/C=C\C/C=C\C/C=C\C/C=C\CCCCCCCCCCCCC(=O)OC(COC(=O)CCCCCCCCCCCCCCCCCC)COP(=O)(O)OCC(N)C(=O)O. The number of carboxylic acids is 1. The van der Waals surface area contributed by atoms with Gasteiger partial charge in [0.2, 0.25) is 0 Å². The largest absolute Gasteiger partial charge is 0.480 e. The number of allylic oxidation sites excluding steroid dienone is 8. The summed E-state index contributed by atoms with van der Waals surface area (Å²) in [6.07, 6.45) is 53.1. The van der Waals surface area contributed by atoms with Crippen molar-refractivity contribution >= 4 is 25.7 Å². The summed E-state index contributed by atoms with van der Waals surface area (Å²) < 4.78 is 32.8. The predicted molar refractivity (Wildman–Crippen MR) is 258 cm³/mol. The maximum absolute atomic E-state index is 12.7. The van der Waals surface area contributed by atoms with Crippen LogP contribution >= 0.6 is 7.82 Å². The lowest BCUT2D eigenvalue weighted by molar-refractivity contribution is -0.161. The molecule has 0 aromatic rings. The Balaban J connectivity index is 4.24. The molecule has 4 N–H and O–H groups in total. The number of unbranched alkanes of at least 4 members (excludes halogenated alkanes) is 25. The average molecular weight is 910 g/mol. The van der Waals surface area contributed by atoms with E-state index in [4.69, 9.17) is 24.8 Å². The van der Waals surface area contributed by atoms with Crippen molar-refractivity contribution in [1.29, 1.82) is 0 Å². The number of carbonyl (C=O) groups excluding carboxylic acids is 2. The maximum Gasteiger partial charge on any atom is 0.472 e. The second kappa shape index (κ2) is 46.0. The van der Waals surface area contributed by atoms with Crippen molar-refractivity contribution in [3.63, 3.8) is 0 Å². The summed E-state index contributed by atoms with van der Waals surface area (Å²) in [5, 5.41) is 8.92. The van der Waals surface area contributed by atoms with Crippen molar-refractivity contribution in [3.05, 3.63) is 48.6 Å². The van der Waals surface area contributed by atoms with E-state index >= 15 is 0 Å². The molecular weight excluding hydrogens is 818 g/mol. The molecule has 0 fully saturated rings. The first kappa shape index (κ1) is 60.4. The Morgan fingerprint density at radius 1 is 0.508 bits per heavy atom. The first-order chi connectivity index (χ1) is 30.6. The van der Waals surface area contributed by atoms with Gasteiger partial charge in [0.15, 0.2) is 6.10 Å². The van der Waals surface area contributed by atoms with E-state index in [0.29, 0.717) is 12.8 Å². The summed E-state index contributed by atoms with van der Waals surface area (Å²) in [5.74, 6) is -2.37. The Kier molecular flexibility index (Phi) is 44.1. The number of carbonyl (C=O) groups is 3. The van der Waals surface area contributed by atoms with Crippen LogP contribution in [0.3, 0.4) is 0 Å². The van der Waals surface area contributed by atoms with E-state index in [2.05, 4.69) is 67.0 Å². The van der Waals surface area contributed by atoms with Gasteiger partial charge in [0.25, 0.3) is 0 Å². The highest BCUT2D eigenvalue weighted by atomic mass is 31.2. The Hall–Kier alpha value is -2.56. The predicted octanol–water partition coefficient (Wildman–Crippen LogP) is 14.1. The number of ether oxygens (including phenoxy) is 2. The summed E-state index contributed by atoms with van der Waals surface area (Å²) in [4.78, 5) is 46.2. The quantitative estimate of drug-likeness (QED) is 0.0230. The van der Waals surface area contributed by atoms with Gasteiger partial charge in [-0.2, -0.15) is 0 Å². The van der Waals surface area contributed by atoms with E-state index in [1.54, 1.807) is 0 Å². The maximum atomic E-state index is 12.7. The number of phosphoric acid groups is 1. The van der Waals surface area contributed by atoms with E-state index < -0.39 is 51.1 Å². The molecule has 0 heterocycles. The first-order valence-corrected chi connectivity index (χ1v) is 26.7. The van der Waals surface area contributed by atoms with Crippen molar-refractivity contribution in [2.24, 2.45) is 5.73 Å². The number of hydrogen-bond donors (Lipinski definition) is 3. The van der Waals surface area contributed by atoms with E-state index in [-0.39, 0.29) is 19.4 Å². The van der Waals surface area contributed by atoms with Crippen LogP contribution in [0.5, 0.6) is 0 Å². The molecule has 0 aliphatic rings. The van der Waals surface area contributed by atoms with Crippen LogP contribution in [0.2, 0.25) is 0 Å². The van der Waals surface area contributed by atoms with Crippen LogP contribution in [0.1, 0.15) is 226 Å². The van der Waals surface area contributed by atoms with Gasteiger partial charge < -0.3 is 25.2 Å². The highest BCUT2D eigenvalue weighted by molar-refractivity contribution is 7.47. The lowest BCUT2D eigenvalue weighted by Gasteiger charge is -2.20. The van der Waals surface area contributed by atoms with Crippen molar-refractivity contribution in [1.82, 2.24) is 0 Å². The third-order valence-corrected chi connectivity index (χ3v) is 11.8. The lowest BCUT2D eigenvalue weighted by Crippen LogP contribution is -2.34. The fourth-order valence-corrected chi connectivity index (χ4v) is 7.72. The molecule has 0 amide bonds. The van der Waals surface area contributed by atoms with Gasteiger partial charge >= 0.3 is 25.7 Å². The topological polar surface area (TPSA) is 172 Å².